The molecule has 82 valence electrons. The van der Waals surface area contributed by atoms with E-state index in [0.29, 0.717) is 5.88 Å². The normalized spacial score (nSPS) is 18.1. The summed E-state index contributed by atoms with van der Waals surface area (Å²) in [4.78, 5) is 1.71. The first-order chi connectivity index (χ1) is 7.70. The molecule has 16 heavy (non-hydrogen) atoms. The monoisotopic (exact) mass is 217 g/mol. The molecule has 1 aliphatic rings. The molecule has 2 heterocycles. The number of aromatic nitrogens is 2. The van der Waals surface area contributed by atoms with E-state index in [1.807, 2.05) is 30.3 Å². The summed E-state index contributed by atoms with van der Waals surface area (Å²) in [6, 6.07) is 8.42. The first kappa shape index (κ1) is 9.21. The molecule has 1 aliphatic heterocycles. The number of nitrogens with two attached hydrogens (primary N) is 1. The van der Waals surface area contributed by atoms with Crippen molar-refractivity contribution in [3.05, 3.63) is 29.8 Å². The smallest absolute Gasteiger partial charge is 0.338 e. The summed E-state index contributed by atoms with van der Waals surface area (Å²) in [5.41, 5.74) is 8.96. The molecule has 5 heteroatoms. The molecule has 0 aliphatic carbocycles. The Morgan fingerprint density at radius 3 is 3.00 bits per heavy atom. The van der Waals surface area contributed by atoms with Gasteiger partial charge in [-0.1, -0.05) is 18.2 Å². The number of rotatable bonds is 0. The third kappa shape index (κ3) is 0.997. The Morgan fingerprint density at radius 1 is 1.44 bits per heavy atom. The average Bonchev–Trinajstić information content (AvgIpc) is 2.69. The van der Waals surface area contributed by atoms with E-state index in [1.54, 1.807) is 4.79 Å². The van der Waals surface area contributed by atoms with Gasteiger partial charge in [0.05, 0.1) is 17.4 Å². The lowest BCUT2D eigenvalue weighted by Gasteiger charge is -2.23. The molecular formula is C11H13N4O+. The minimum atomic E-state index is 0.248. The van der Waals surface area contributed by atoms with Gasteiger partial charge in [0, 0.05) is 0 Å². The van der Waals surface area contributed by atoms with Crippen LogP contribution in [-0.4, -0.2) is 12.3 Å². The number of fused-ring (bicyclic) bond motifs is 3. The highest BCUT2D eigenvalue weighted by atomic mass is 16.5. The minimum absolute atomic E-state index is 0.248. The van der Waals surface area contributed by atoms with Crippen molar-refractivity contribution < 1.29 is 9.31 Å². The summed E-state index contributed by atoms with van der Waals surface area (Å²) < 4.78 is 5.04. The number of nitrogen functional groups attached to an aromatic ring is 1. The molecule has 0 radical (unpaired) electrons. The van der Waals surface area contributed by atoms with Gasteiger partial charge in [-0.3, -0.25) is 4.52 Å². The molecule has 0 spiro atoms. The molecule has 2 N–H and O–H groups in total. The fourth-order valence-corrected chi connectivity index (χ4v) is 2.16. The molecule has 1 atom stereocenters. The molecule has 1 aromatic carbocycles. The van der Waals surface area contributed by atoms with Crippen LogP contribution in [-0.2, 0) is 0 Å². The lowest BCUT2D eigenvalue weighted by atomic mass is 9.97. The van der Waals surface area contributed by atoms with E-state index in [9.17, 15) is 0 Å². The van der Waals surface area contributed by atoms with Crippen LogP contribution in [0.5, 0.6) is 0 Å². The number of anilines is 1. The van der Waals surface area contributed by atoms with Gasteiger partial charge in [-0.2, -0.15) is 0 Å². The zero-order valence-electron chi connectivity index (χ0n) is 9.21. The van der Waals surface area contributed by atoms with Crippen molar-refractivity contribution in [3.8, 4) is 11.3 Å². The van der Waals surface area contributed by atoms with Crippen molar-refractivity contribution in [2.75, 3.05) is 17.8 Å². The summed E-state index contributed by atoms with van der Waals surface area (Å²) >= 11 is 0. The van der Waals surface area contributed by atoms with Gasteiger partial charge in [-0.25, -0.2) is 0 Å². The Hall–Kier alpha value is -2.04. The topological polar surface area (TPSA) is 59.2 Å². The number of nitrogens with zero attached hydrogens (tertiary/aromatic N) is 3. The standard InChI is InChI=1S/C11H13N4O/c1-7-8-5-3-4-6-9(8)10-11(12)16-13-15(10)14(7)2/h3-7H,12H2,1-2H3/q+1. The van der Waals surface area contributed by atoms with Crippen molar-refractivity contribution >= 4 is 5.88 Å². The quantitative estimate of drug-likeness (QED) is 0.665. The zero-order valence-corrected chi connectivity index (χ0v) is 9.21. The van der Waals surface area contributed by atoms with Gasteiger partial charge in [-0.15, -0.1) is 5.01 Å². The molecule has 3 rings (SSSR count). The van der Waals surface area contributed by atoms with Gasteiger partial charge in [0.15, 0.2) is 0 Å². The number of hydrogen-bond acceptors (Lipinski definition) is 4. The van der Waals surface area contributed by atoms with Crippen molar-refractivity contribution in [2.45, 2.75) is 13.0 Å². The van der Waals surface area contributed by atoms with Crippen LogP contribution in [0.25, 0.3) is 11.3 Å². The Morgan fingerprint density at radius 2 is 2.19 bits per heavy atom. The molecule has 5 nitrogen and oxygen atoms in total. The highest BCUT2D eigenvalue weighted by Crippen LogP contribution is 2.34. The Labute approximate surface area is 93.0 Å². The van der Waals surface area contributed by atoms with Crippen molar-refractivity contribution in [1.29, 1.82) is 0 Å². The van der Waals surface area contributed by atoms with Crippen LogP contribution in [0.1, 0.15) is 18.5 Å². The van der Waals surface area contributed by atoms with Crippen LogP contribution in [0.15, 0.2) is 28.8 Å². The highest BCUT2D eigenvalue weighted by Gasteiger charge is 2.39. The summed E-state index contributed by atoms with van der Waals surface area (Å²) in [7, 11) is 1.96. The molecular weight excluding hydrogens is 204 g/mol. The zero-order chi connectivity index (χ0) is 11.3. The second-order valence-electron chi connectivity index (χ2n) is 4.01. The largest absolute Gasteiger partial charge is 0.362 e. The second kappa shape index (κ2) is 2.98. The Balaban J connectivity index is 2.35. The molecule has 0 bridgehead atoms. The lowest BCUT2D eigenvalue weighted by molar-refractivity contribution is -0.752. The Bertz CT molecular complexity index is 549. The first-order valence-corrected chi connectivity index (χ1v) is 5.20. The fourth-order valence-electron chi connectivity index (χ4n) is 2.16. The predicted octanol–water partition coefficient (Wildman–Crippen LogP) is 0.854. The summed E-state index contributed by atoms with van der Waals surface area (Å²) in [5, 5.41) is 5.93. The lowest BCUT2D eigenvalue weighted by Crippen LogP contribution is -2.60. The second-order valence-corrected chi connectivity index (χ2v) is 4.01. The first-order valence-electron chi connectivity index (χ1n) is 5.20. The van der Waals surface area contributed by atoms with Crippen LogP contribution < -0.4 is 15.5 Å². The maximum atomic E-state index is 5.81. The van der Waals surface area contributed by atoms with Crippen LogP contribution >= 0.6 is 0 Å². The van der Waals surface area contributed by atoms with Gasteiger partial charge < -0.3 is 5.73 Å². The third-order valence-electron chi connectivity index (χ3n) is 3.18. The summed E-state index contributed by atoms with van der Waals surface area (Å²) in [6.45, 7) is 2.12. The molecule has 2 aromatic rings. The van der Waals surface area contributed by atoms with E-state index in [4.69, 9.17) is 10.3 Å². The van der Waals surface area contributed by atoms with E-state index in [-0.39, 0.29) is 6.04 Å². The summed E-state index contributed by atoms with van der Waals surface area (Å²) in [5.74, 6) is 0.353. The van der Waals surface area contributed by atoms with E-state index in [2.05, 4.69) is 18.3 Å². The van der Waals surface area contributed by atoms with E-state index < -0.39 is 0 Å². The van der Waals surface area contributed by atoms with Crippen molar-refractivity contribution in [1.82, 2.24) is 5.27 Å². The highest BCUT2D eigenvalue weighted by molar-refractivity contribution is 5.70. The van der Waals surface area contributed by atoms with Gasteiger partial charge in [0.25, 0.3) is 0 Å². The fraction of sp³-hybridized carbons (Fsp3) is 0.273. The number of benzene rings is 1. The average molecular weight is 217 g/mol. The molecule has 0 saturated heterocycles. The molecule has 0 saturated carbocycles. The SMILES string of the molecule is CC1c2ccccc2-c2c(N)on[n+]2N1C. The minimum Gasteiger partial charge on any atom is -0.362 e. The van der Waals surface area contributed by atoms with E-state index >= 15 is 0 Å². The van der Waals surface area contributed by atoms with E-state index in [0.717, 1.165) is 11.3 Å². The van der Waals surface area contributed by atoms with Crippen LogP contribution in [0, 0.1) is 0 Å². The Kier molecular flexibility index (Phi) is 1.71. The van der Waals surface area contributed by atoms with Crippen LogP contribution in [0.4, 0.5) is 5.88 Å². The summed E-state index contributed by atoms with van der Waals surface area (Å²) in [6.07, 6.45) is 0. The van der Waals surface area contributed by atoms with Gasteiger partial charge in [-0.05, 0) is 18.6 Å². The third-order valence-corrected chi connectivity index (χ3v) is 3.18. The molecule has 0 fully saturated rings. The molecule has 0 amide bonds. The van der Waals surface area contributed by atoms with Crippen molar-refractivity contribution in [3.63, 3.8) is 0 Å². The maximum absolute atomic E-state index is 5.81. The van der Waals surface area contributed by atoms with Gasteiger partial charge in [0.2, 0.25) is 5.27 Å². The number of hydrogen-bond donors (Lipinski definition) is 1. The predicted molar refractivity (Wildman–Crippen MR) is 59.1 cm³/mol. The molecule has 1 unspecified atom stereocenters. The maximum Gasteiger partial charge on any atom is 0.338 e. The molecule has 1 aromatic heterocycles. The van der Waals surface area contributed by atoms with Crippen LogP contribution in [0.3, 0.4) is 0 Å². The van der Waals surface area contributed by atoms with Crippen LogP contribution in [0.2, 0.25) is 0 Å². The van der Waals surface area contributed by atoms with E-state index in [1.165, 1.54) is 5.56 Å². The van der Waals surface area contributed by atoms with Crippen molar-refractivity contribution in [2.24, 2.45) is 0 Å². The van der Waals surface area contributed by atoms with Gasteiger partial charge >= 0.3 is 11.6 Å². The van der Waals surface area contributed by atoms with Gasteiger partial charge in [0.1, 0.15) is 6.04 Å².